The Bertz CT molecular complexity index is 560. The fourth-order valence-corrected chi connectivity index (χ4v) is 3.33. The number of ether oxygens (including phenoxy) is 1. The molecule has 1 aliphatic rings. The summed E-state index contributed by atoms with van der Waals surface area (Å²) in [5.41, 5.74) is 1.82. The predicted octanol–water partition coefficient (Wildman–Crippen LogP) is 2.82. The maximum atomic E-state index is 12.6. The summed E-state index contributed by atoms with van der Waals surface area (Å²) in [6, 6.07) is 5.55. The minimum absolute atomic E-state index is 0.0214. The van der Waals surface area contributed by atoms with Gasteiger partial charge in [-0.1, -0.05) is 13.0 Å². The zero-order chi connectivity index (χ0) is 17.7. The second kappa shape index (κ2) is 7.99. The van der Waals surface area contributed by atoms with Crippen molar-refractivity contribution >= 4 is 11.6 Å². The van der Waals surface area contributed by atoms with E-state index in [0.717, 1.165) is 37.9 Å². The Kier molecular flexibility index (Phi) is 6.24. The second-order valence-electron chi connectivity index (χ2n) is 6.92. The van der Waals surface area contributed by atoms with Crippen LogP contribution in [0.15, 0.2) is 18.2 Å². The monoisotopic (exact) mass is 334 g/mol. The largest absolute Gasteiger partial charge is 0.495 e. The van der Waals surface area contributed by atoms with E-state index in [1.54, 1.807) is 7.11 Å². The SMILES string of the molecule is CCC1(CO)CCN(C(C)C(=O)Nc2cc(C)ccc2OC)CC1. The molecule has 0 saturated carbocycles. The van der Waals surface area contributed by atoms with Gasteiger partial charge in [0.2, 0.25) is 5.91 Å². The number of aliphatic hydroxyl groups is 1. The van der Waals surface area contributed by atoms with Gasteiger partial charge in [0.05, 0.1) is 18.8 Å². The van der Waals surface area contributed by atoms with Crippen LogP contribution in [0, 0.1) is 12.3 Å². The lowest BCUT2D eigenvalue weighted by molar-refractivity contribution is -0.121. The Labute approximate surface area is 145 Å². The first kappa shape index (κ1) is 18.7. The Morgan fingerprint density at radius 3 is 2.62 bits per heavy atom. The van der Waals surface area contributed by atoms with E-state index in [-0.39, 0.29) is 24.0 Å². The number of amides is 1. The highest BCUT2D eigenvalue weighted by Gasteiger charge is 2.35. The molecule has 1 heterocycles. The molecule has 0 bridgehead atoms. The number of likely N-dealkylation sites (tertiary alicyclic amines) is 1. The standard InChI is InChI=1S/C19H30N2O3/c1-5-19(13-22)8-10-21(11-9-19)15(3)18(23)20-16-12-14(2)6-7-17(16)24-4/h6-7,12,15,22H,5,8-11,13H2,1-4H3,(H,20,23). The van der Waals surface area contributed by atoms with Crippen LogP contribution in [0.25, 0.3) is 0 Å². The van der Waals surface area contributed by atoms with Gasteiger partial charge in [0.1, 0.15) is 5.75 Å². The van der Waals surface area contributed by atoms with Gasteiger partial charge in [0.15, 0.2) is 0 Å². The molecule has 1 saturated heterocycles. The Balaban J connectivity index is 2.00. The number of nitrogens with one attached hydrogen (secondary N) is 1. The maximum absolute atomic E-state index is 12.6. The number of hydrogen-bond donors (Lipinski definition) is 2. The van der Waals surface area contributed by atoms with Crippen LogP contribution in [0.5, 0.6) is 5.75 Å². The molecular weight excluding hydrogens is 304 g/mol. The van der Waals surface area contributed by atoms with E-state index in [4.69, 9.17) is 4.74 Å². The summed E-state index contributed by atoms with van der Waals surface area (Å²) in [7, 11) is 1.60. The first-order valence-electron chi connectivity index (χ1n) is 8.75. The van der Waals surface area contributed by atoms with Gasteiger partial charge in [-0.05, 0) is 69.3 Å². The average Bonchev–Trinajstić information content (AvgIpc) is 2.61. The van der Waals surface area contributed by atoms with Gasteiger partial charge in [0, 0.05) is 6.61 Å². The van der Waals surface area contributed by atoms with E-state index in [2.05, 4.69) is 17.1 Å². The molecule has 2 rings (SSSR count). The number of hydrogen-bond acceptors (Lipinski definition) is 4. The minimum Gasteiger partial charge on any atom is -0.495 e. The summed E-state index contributed by atoms with van der Waals surface area (Å²) in [6.45, 7) is 7.98. The molecule has 5 nitrogen and oxygen atoms in total. The molecule has 0 aliphatic carbocycles. The zero-order valence-corrected chi connectivity index (χ0v) is 15.3. The van der Waals surface area contributed by atoms with Crippen molar-refractivity contribution in [2.75, 3.05) is 32.1 Å². The molecule has 0 radical (unpaired) electrons. The molecule has 1 atom stereocenters. The topological polar surface area (TPSA) is 61.8 Å². The van der Waals surface area contributed by atoms with Crippen LogP contribution in [-0.2, 0) is 4.79 Å². The number of carbonyl (C=O) groups excluding carboxylic acids is 1. The van der Waals surface area contributed by atoms with Crippen molar-refractivity contribution < 1.29 is 14.6 Å². The van der Waals surface area contributed by atoms with Crippen LogP contribution in [0.2, 0.25) is 0 Å². The van der Waals surface area contributed by atoms with E-state index < -0.39 is 0 Å². The molecule has 5 heteroatoms. The summed E-state index contributed by atoms with van der Waals surface area (Å²) < 4.78 is 5.33. The van der Waals surface area contributed by atoms with E-state index in [0.29, 0.717) is 11.4 Å². The molecule has 134 valence electrons. The number of piperidine rings is 1. The summed E-state index contributed by atoms with van der Waals surface area (Å²) in [5.74, 6) is 0.650. The van der Waals surface area contributed by atoms with E-state index in [1.165, 1.54) is 0 Å². The first-order chi connectivity index (χ1) is 11.4. The summed E-state index contributed by atoms with van der Waals surface area (Å²) >= 11 is 0. The summed E-state index contributed by atoms with van der Waals surface area (Å²) in [5, 5.41) is 12.6. The lowest BCUT2D eigenvalue weighted by Gasteiger charge is -2.42. The zero-order valence-electron chi connectivity index (χ0n) is 15.3. The highest BCUT2D eigenvalue weighted by atomic mass is 16.5. The van der Waals surface area contributed by atoms with Crippen LogP contribution < -0.4 is 10.1 Å². The Morgan fingerprint density at radius 1 is 1.42 bits per heavy atom. The minimum atomic E-state index is -0.205. The van der Waals surface area contributed by atoms with Crippen LogP contribution in [0.4, 0.5) is 5.69 Å². The Hall–Kier alpha value is -1.59. The van der Waals surface area contributed by atoms with E-state index in [9.17, 15) is 9.90 Å². The first-order valence-corrected chi connectivity index (χ1v) is 8.75. The molecule has 2 N–H and O–H groups in total. The van der Waals surface area contributed by atoms with Gasteiger partial charge >= 0.3 is 0 Å². The molecule has 1 aromatic rings. The van der Waals surface area contributed by atoms with Gasteiger partial charge in [-0.15, -0.1) is 0 Å². The molecule has 0 spiro atoms. The lowest BCUT2D eigenvalue weighted by atomic mass is 9.76. The van der Waals surface area contributed by atoms with Crippen molar-refractivity contribution in [2.24, 2.45) is 5.41 Å². The van der Waals surface area contributed by atoms with Crippen LogP contribution in [-0.4, -0.2) is 48.8 Å². The number of aliphatic hydroxyl groups excluding tert-OH is 1. The van der Waals surface area contributed by atoms with E-state index >= 15 is 0 Å². The number of benzene rings is 1. The van der Waals surface area contributed by atoms with Gasteiger partial charge in [-0.3, -0.25) is 9.69 Å². The normalized spacial score (nSPS) is 18.9. The van der Waals surface area contributed by atoms with Crippen LogP contribution in [0.3, 0.4) is 0 Å². The van der Waals surface area contributed by atoms with Crippen molar-refractivity contribution in [3.05, 3.63) is 23.8 Å². The number of aryl methyl sites for hydroxylation is 1. The third kappa shape index (κ3) is 4.08. The molecular formula is C19H30N2O3. The molecule has 1 aromatic carbocycles. The maximum Gasteiger partial charge on any atom is 0.241 e. The smallest absolute Gasteiger partial charge is 0.241 e. The molecule has 1 fully saturated rings. The van der Waals surface area contributed by atoms with E-state index in [1.807, 2.05) is 32.0 Å². The van der Waals surface area contributed by atoms with Gasteiger partial charge in [-0.25, -0.2) is 0 Å². The number of methoxy groups -OCH3 is 1. The number of carbonyl (C=O) groups is 1. The Morgan fingerprint density at radius 2 is 2.08 bits per heavy atom. The molecule has 24 heavy (non-hydrogen) atoms. The quantitative estimate of drug-likeness (QED) is 0.840. The van der Waals surface area contributed by atoms with Crippen LogP contribution in [0.1, 0.15) is 38.7 Å². The lowest BCUT2D eigenvalue weighted by Crippen LogP contribution is -2.49. The van der Waals surface area contributed by atoms with Gasteiger partial charge in [0.25, 0.3) is 0 Å². The third-order valence-electron chi connectivity index (χ3n) is 5.48. The van der Waals surface area contributed by atoms with Gasteiger partial charge < -0.3 is 15.2 Å². The fraction of sp³-hybridized carbons (Fsp3) is 0.632. The number of rotatable bonds is 6. The molecule has 1 amide bonds. The van der Waals surface area contributed by atoms with Crippen molar-refractivity contribution in [3.8, 4) is 5.75 Å². The summed E-state index contributed by atoms with van der Waals surface area (Å²) in [4.78, 5) is 14.8. The van der Waals surface area contributed by atoms with Crippen molar-refractivity contribution in [3.63, 3.8) is 0 Å². The van der Waals surface area contributed by atoms with Crippen LogP contribution >= 0.6 is 0 Å². The molecule has 1 aliphatic heterocycles. The third-order valence-corrected chi connectivity index (χ3v) is 5.48. The van der Waals surface area contributed by atoms with Crippen molar-refractivity contribution in [1.29, 1.82) is 0 Å². The number of nitrogens with zero attached hydrogens (tertiary/aromatic N) is 1. The molecule has 1 unspecified atom stereocenters. The summed E-state index contributed by atoms with van der Waals surface area (Å²) in [6.07, 6.45) is 2.86. The molecule has 0 aromatic heterocycles. The predicted molar refractivity (Wildman–Crippen MR) is 96.4 cm³/mol. The number of anilines is 1. The van der Waals surface area contributed by atoms with Crippen molar-refractivity contribution in [2.45, 2.75) is 46.1 Å². The second-order valence-corrected chi connectivity index (χ2v) is 6.92. The fourth-order valence-electron chi connectivity index (χ4n) is 3.33. The van der Waals surface area contributed by atoms with Gasteiger partial charge in [-0.2, -0.15) is 0 Å². The highest BCUT2D eigenvalue weighted by molar-refractivity contribution is 5.95. The van der Waals surface area contributed by atoms with Crippen molar-refractivity contribution in [1.82, 2.24) is 4.90 Å². The average molecular weight is 334 g/mol. The highest BCUT2D eigenvalue weighted by Crippen LogP contribution is 2.35.